The third-order valence-corrected chi connectivity index (χ3v) is 11.1. The number of nitrogens with zero attached hydrogens (tertiary/aromatic N) is 3. The van der Waals surface area contributed by atoms with Crippen molar-refractivity contribution in [1.29, 1.82) is 0 Å². The van der Waals surface area contributed by atoms with Crippen LogP contribution in [0.2, 0.25) is 0 Å². The molecule has 0 aliphatic heterocycles. The molecule has 256 valence electrons. The molecule has 0 saturated heterocycles. The molecular formula is C51H37N3. The highest BCUT2D eigenvalue weighted by Crippen LogP contribution is 2.44. The Kier molecular flexibility index (Phi) is 7.91. The van der Waals surface area contributed by atoms with E-state index in [1.165, 1.54) is 77.7 Å². The lowest BCUT2D eigenvalue weighted by Gasteiger charge is -2.13. The molecule has 0 N–H and O–H groups in total. The standard InChI is InChI=1S/C51H37N3/c1-33(35-11-3-2-4-12-35)54-51(53-32-34-22-23-39-30-38-13-5-6-15-43(38)47(39)29-34)46-19-7-14-40-31-48-42(16-8-18-45(48)50(40)46)37-26-24-36(25-27-37)41-17-9-21-49-44(41)20-10-28-52-49/h2-29H,30-32H2,1H3. The van der Waals surface area contributed by atoms with Gasteiger partial charge in [-0.15, -0.1) is 0 Å². The molecule has 3 nitrogen and oxygen atoms in total. The normalized spacial score (nSPS) is 13.1. The minimum atomic E-state index is 0.548. The first-order valence-corrected chi connectivity index (χ1v) is 18.7. The Morgan fingerprint density at radius 3 is 2.15 bits per heavy atom. The summed E-state index contributed by atoms with van der Waals surface area (Å²) in [6, 6.07) is 58.9. The zero-order valence-corrected chi connectivity index (χ0v) is 30.1. The van der Waals surface area contributed by atoms with E-state index in [2.05, 4.69) is 164 Å². The van der Waals surface area contributed by atoms with E-state index in [1.54, 1.807) is 0 Å². The Balaban J connectivity index is 1.04. The maximum Gasteiger partial charge on any atom is 0.155 e. The van der Waals surface area contributed by atoms with Gasteiger partial charge in [0.15, 0.2) is 5.84 Å². The van der Waals surface area contributed by atoms with Crippen LogP contribution in [-0.4, -0.2) is 16.5 Å². The summed E-state index contributed by atoms with van der Waals surface area (Å²) in [6.45, 7) is 2.64. The van der Waals surface area contributed by atoms with Crippen LogP contribution in [0.15, 0.2) is 180 Å². The Labute approximate surface area is 316 Å². The van der Waals surface area contributed by atoms with Crippen LogP contribution in [0.1, 0.15) is 45.9 Å². The summed E-state index contributed by atoms with van der Waals surface area (Å²) in [6.07, 6.45) is 3.71. The second-order valence-electron chi connectivity index (χ2n) is 14.3. The van der Waals surface area contributed by atoms with Gasteiger partial charge < -0.3 is 0 Å². The molecule has 3 heteroatoms. The number of rotatable bonds is 6. The van der Waals surface area contributed by atoms with Gasteiger partial charge in [-0.25, -0.2) is 4.99 Å². The largest absolute Gasteiger partial charge is 0.261 e. The number of fused-ring (bicyclic) bond motifs is 7. The second kappa shape index (κ2) is 13.4. The third-order valence-electron chi connectivity index (χ3n) is 11.1. The van der Waals surface area contributed by atoms with Crippen molar-refractivity contribution < 1.29 is 0 Å². The van der Waals surface area contributed by atoms with E-state index in [-0.39, 0.29) is 0 Å². The molecule has 1 heterocycles. The van der Waals surface area contributed by atoms with Crippen LogP contribution in [0.4, 0.5) is 0 Å². The van der Waals surface area contributed by atoms with Crippen LogP contribution in [0, 0.1) is 0 Å². The molecule has 7 aromatic carbocycles. The summed E-state index contributed by atoms with van der Waals surface area (Å²) in [5.74, 6) is 0.765. The first-order valence-electron chi connectivity index (χ1n) is 18.7. The fourth-order valence-electron chi connectivity index (χ4n) is 8.43. The number of hydrogen-bond donors (Lipinski definition) is 0. The van der Waals surface area contributed by atoms with Crippen molar-refractivity contribution in [2.45, 2.75) is 26.3 Å². The summed E-state index contributed by atoms with van der Waals surface area (Å²) >= 11 is 0. The molecule has 2 aliphatic rings. The predicted octanol–water partition coefficient (Wildman–Crippen LogP) is 12.2. The highest BCUT2D eigenvalue weighted by molar-refractivity contribution is 6.14. The van der Waals surface area contributed by atoms with Gasteiger partial charge in [0, 0.05) is 22.9 Å². The van der Waals surface area contributed by atoms with Gasteiger partial charge in [0.2, 0.25) is 0 Å². The van der Waals surface area contributed by atoms with Gasteiger partial charge >= 0.3 is 0 Å². The summed E-state index contributed by atoms with van der Waals surface area (Å²) in [5, 5.41) is 1.17. The van der Waals surface area contributed by atoms with Crippen molar-refractivity contribution in [3.63, 3.8) is 0 Å². The van der Waals surface area contributed by atoms with Crippen LogP contribution < -0.4 is 0 Å². The van der Waals surface area contributed by atoms with E-state index in [9.17, 15) is 0 Å². The maximum absolute atomic E-state index is 5.33. The van der Waals surface area contributed by atoms with Gasteiger partial charge in [-0.05, 0) is 116 Å². The molecule has 0 amide bonds. The quantitative estimate of drug-likeness (QED) is 0.126. The van der Waals surface area contributed by atoms with E-state index in [4.69, 9.17) is 9.98 Å². The Morgan fingerprint density at radius 1 is 0.556 bits per heavy atom. The lowest BCUT2D eigenvalue weighted by Crippen LogP contribution is -2.06. The molecule has 0 fully saturated rings. The smallest absolute Gasteiger partial charge is 0.155 e. The number of aromatic nitrogens is 1. The number of hydrogen-bond acceptors (Lipinski definition) is 2. The van der Waals surface area contributed by atoms with Crippen molar-refractivity contribution in [2.24, 2.45) is 9.98 Å². The summed E-state index contributed by atoms with van der Waals surface area (Å²) < 4.78 is 0. The summed E-state index contributed by atoms with van der Waals surface area (Å²) in [5.41, 5.74) is 20.8. The van der Waals surface area contributed by atoms with Crippen LogP contribution in [0.5, 0.6) is 0 Å². The van der Waals surface area contributed by atoms with E-state index in [0.29, 0.717) is 6.54 Å². The molecule has 1 aromatic heterocycles. The maximum atomic E-state index is 5.33. The molecular weight excluding hydrogens is 655 g/mol. The van der Waals surface area contributed by atoms with E-state index >= 15 is 0 Å². The van der Waals surface area contributed by atoms with Crippen molar-refractivity contribution in [3.05, 3.63) is 209 Å². The Hall–Kier alpha value is -6.71. The van der Waals surface area contributed by atoms with Crippen molar-refractivity contribution in [3.8, 4) is 44.5 Å². The predicted molar refractivity (Wildman–Crippen MR) is 224 cm³/mol. The average molecular weight is 692 g/mol. The van der Waals surface area contributed by atoms with E-state index in [1.807, 2.05) is 18.3 Å². The van der Waals surface area contributed by atoms with Gasteiger partial charge in [-0.2, -0.15) is 0 Å². The van der Waals surface area contributed by atoms with Crippen LogP contribution in [0.3, 0.4) is 0 Å². The van der Waals surface area contributed by atoms with Crippen LogP contribution >= 0.6 is 0 Å². The molecule has 0 saturated carbocycles. The molecule has 0 unspecified atom stereocenters. The molecule has 8 aromatic rings. The zero-order valence-electron chi connectivity index (χ0n) is 30.1. The minimum Gasteiger partial charge on any atom is -0.261 e. The molecule has 0 bridgehead atoms. The van der Waals surface area contributed by atoms with Gasteiger partial charge in [0.05, 0.1) is 12.1 Å². The Bertz CT molecular complexity index is 2790. The average Bonchev–Trinajstić information content (AvgIpc) is 3.81. The van der Waals surface area contributed by atoms with E-state index < -0.39 is 0 Å². The number of benzene rings is 7. The van der Waals surface area contributed by atoms with Gasteiger partial charge in [-0.3, -0.25) is 9.98 Å². The molecule has 0 atom stereocenters. The summed E-state index contributed by atoms with van der Waals surface area (Å²) in [4.78, 5) is 15.2. The first kappa shape index (κ1) is 32.0. The number of aliphatic imine (C=N–C) groups is 2. The van der Waals surface area contributed by atoms with Gasteiger partial charge in [0.25, 0.3) is 0 Å². The SMILES string of the molecule is CC(=NC(=NCc1ccc2c(c1)-c1ccccc1C2)c1cccc2c1-c1cccc(-c3ccc(-c4cccc5ncccc45)cc3)c1C2)c1ccccc1. The lowest BCUT2D eigenvalue weighted by atomic mass is 9.93. The molecule has 54 heavy (non-hydrogen) atoms. The highest BCUT2D eigenvalue weighted by Gasteiger charge is 2.26. The molecule has 10 rings (SSSR count). The zero-order chi connectivity index (χ0) is 36.0. The Morgan fingerprint density at radius 2 is 1.26 bits per heavy atom. The first-order chi connectivity index (χ1) is 26.7. The summed E-state index contributed by atoms with van der Waals surface area (Å²) in [7, 11) is 0. The topological polar surface area (TPSA) is 37.6 Å². The lowest BCUT2D eigenvalue weighted by molar-refractivity contribution is 1.06. The highest BCUT2D eigenvalue weighted by atomic mass is 14.9. The van der Waals surface area contributed by atoms with Crippen molar-refractivity contribution in [1.82, 2.24) is 4.98 Å². The fourth-order valence-corrected chi connectivity index (χ4v) is 8.43. The minimum absolute atomic E-state index is 0.548. The van der Waals surface area contributed by atoms with Crippen LogP contribution in [0.25, 0.3) is 55.4 Å². The monoisotopic (exact) mass is 691 g/mol. The second-order valence-corrected chi connectivity index (χ2v) is 14.3. The van der Waals surface area contributed by atoms with Crippen LogP contribution in [-0.2, 0) is 19.4 Å². The van der Waals surface area contributed by atoms with Crippen molar-refractivity contribution >= 4 is 22.5 Å². The van der Waals surface area contributed by atoms with Gasteiger partial charge in [0.1, 0.15) is 0 Å². The van der Waals surface area contributed by atoms with Crippen molar-refractivity contribution in [2.75, 3.05) is 0 Å². The fraction of sp³-hybridized carbons (Fsp3) is 0.0784. The molecule has 2 aliphatic carbocycles. The molecule has 0 radical (unpaired) electrons. The molecule has 0 spiro atoms. The van der Waals surface area contributed by atoms with E-state index in [0.717, 1.165) is 41.0 Å². The third kappa shape index (κ3) is 5.66. The number of pyridine rings is 1. The number of amidine groups is 1. The van der Waals surface area contributed by atoms with Gasteiger partial charge in [-0.1, -0.05) is 146 Å².